The monoisotopic (exact) mass is 442 g/mol. The number of phenols is 1. The summed E-state index contributed by atoms with van der Waals surface area (Å²) in [5.41, 5.74) is 1.12. The fourth-order valence-corrected chi connectivity index (χ4v) is 3.66. The van der Waals surface area contributed by atoms with Gasteiger partial charge in [0.25, 0.3) is 11.1 Å². The summed E-state index contributed by atoms with van der Waals surface area (Å²) in [6.45, 7) is 4.18. The zero-order valence-corrected chi connectivity index (χ0v) is 17.9. The smallest absolute Gasteiger partial charge is 0.294 e. The van der Waals surface area contributed by atoms with Gasteiger partial charge in [-0.3, -0.25) is 19.3 Å². The van der Waals surface area contributed by atoms with Crippen LogP contribution in [-0.2, 0) is 9.59 Å². The third-order valence-corrected chi connectivity index (χ3v) is 5.11. The Morgan fingerprint density at radius 1 is 1.10 bits per heavy atom. The number of amides is 3. The van der Waals surface area contributed by atoms with Gasteiger partial charge in [-0.25, -0.2) is 0 Å². The van der Waals surface area contributed by atoms with Crippen LogP contribution in [0.1, 0.15) is 19.4 Å². The predicted octanol–water partition coefficient (Wildman–Crippen LogP) is 3.86. The minimum absolute atomic E-state index is 0.0157. The van der Waals surface area contributed by atoms with Crippen molar-refractivity contribution in [3.8, 4) is 17.2 Å². The Bertz CT molecular complexity index is 1020. The average molecular weight is 442 g/mol. The van der Waals surface area contributed by atoms with Crippen molar-refractivity contribution in [1.29, 1.82) is 0 Å². The maximum absolute atomic E-state index is 12.6. The number of nitrogens with one attached hydrogen (secondary N) is 1. The number of carbonyl (C=O) groups excluding carboxylic acids is 3. The van der Waals surface area contributed by atoms with E-state index in [0.29, 0.717) is 30.2 Å². The first kappa shape index (κ1) is 22.2. The first-order valence-electron chi connectivity index (χ1n) is 9.65. The van der Waals surface area contributed by atoms with Gasteiger partial charge in [0.05, 0.1) is 18.1 Å². The molecule has 9 heteroatoms. The quantitative estimate of drug-likeness (QED) is 0.598. The van der Waals surface area contributed by atoms with Crippen molar-refractivity contribution in [2.24, 2.45) is 0 Å². The van der Waals surface area contributed by atoms with Crippen molar-refractivity contribution in [2.45, 2.75) is 13.8 Å². The van der Waals surface area contributed by atoms with Crippen LogP contribution in [0, 0.1) is 0 Å². The van der Waals surface area contributed by atoms with Crippen LogP contribution in [0.2, 0.25) is 0 Å². The second-order valence-electron chi connectivity index (χ2n) is 6.43. The Labute approximate surface area is 183 Å². The van der Waals surface area contributed by atoms with E-state index in [1.165, 1.54) is 12.1 Å². The number of anilines is 1. The Morgan fingerprint density at radius 2 is 1.81 bits per heavy atom. The number of benzene rings is 2. The maximum Gasteiger partial charge on any atom is 0.294 e. The lowest BCUT2D eigenvalue weighted by Gasteiger charge is -2.12. The number of rotatable bonds is 8. The zero-order valence-electron chi connectivity index (χ0n) is 17.1. The van der Waals surface area contributed by atoms with Crippen LogP contribution in [0.15, 0.2) is 47.4 Å². The molecule has 0 unspecified atom stereocenters. The summed E-state index contributed by atoms with van der Waals surface area (Å²) in [6.07, 6.45) is 1.53. The number of aromatic hydroxyl groups is 1. The zero-order chi connectivity index (χ0) is 22.4. The molecule has 2 N–H and O–H groups in total. The molecule has 1 aliphatic rings. The molecule has 1 saturated heterocycles. The third kappa shape index (κ3) is 5.58. The van der Waals surface area contributed by atoms with Crippen molar-refractivity contribution in [3.63, 3.8) is 0 Å². The standard InChI is InChI=1S/C22H22N2O6S/c1-3-29-16-8-6-15(7-9-16)23-20(26)13-24-21(27)19(31-22(24)28)12-14-5-10-17(25)18(11-14)30-4-2/h5-12,25H,3-4,13H2,1-2H3,(H,23,26). The molecule has 0 bridgehead atoms. The Balaban J connectivity index is 1.66. The van der Waals surface area contributed by atoms with E-state index >= 15 is 0 Å². The lowest BCUT2D eigenvalue weighted by molar-refractivity contribution is -0.127. The lowest BCUT2D eigenvalue weighted by atomic mass is 10.2. The minimum Gasteiger partial charge on any atom is -0.504 e. The number of ether oxygens (including phenoxy) is 2. The predicted molar refractivity (Wildman–Crippen MR) is 118 cm³/mol. The molecule has 0 radical (unpaired) electrons. The third-order valence-electron chi connectivity index (χ3n) is 4.21. The van der Waals surface area contributed by atoms with Crippen LogP contribution in [0.3, 0.4) is 0 Å². The molecule has 3 rings (SSSR count). The fraction of sp³-hybridized carbons (Fsp3) is 0.227. The Hall–Kier alpha value is -3.46. The first-order valence-corrected chi connectivity index (χ1v) is 10.5. The summed E-state index contributed by atoms with van der Waals surface area (Å²) in [4.78, 5) is 38.3. The summed E-state index contributed by atoms with van der Waals surface area (Å²) in [6, 6.07) is 11.4. The van der Waals surface area contributed by atoms with Gasteiger partial charge in [0.15, 0.2) is 11.5 Å². The molecule has 162 valence electrons. The van der Waals surface area contributed by atoms with E-state index < -0.39 is 23.6 Å². The average Bonchev–Trinajstić information content (AvgIpc) is 2.99. The molecule has 0 spiro atoms. The lowest BCUT2D eigenvalue weighted by Crippen LogP contribution is -2.36. The number of nitrogens with zero attached hydrogens (tertiary/aromatic N) is 1. The molecule has 2 aromatic carbocycles. The van der Waals surface area contributed by atoms with Gasteiger partial charge in [0, 0.05) is 5.69 Å². The number of carbonyl (C=O) groups is 3. The van der Waals surface area contributed by atoms with Crippen molar-refractivity contribution in [2.75, 3.05) is 25.1 Å². The van der Waals surface area contributed by atoms with Gasteiger partial charge < -0.3 is 19.9 Å². The minimum atomic E-state index is -0.553. The summed E-state index contributed by atoms with van der Waals surface area (Å²) in [7, 11) is 0. The van der Waals surface area contributed by atoms with E-state index in [1.807, 2.05) is 6.92 Å². The Morgan fingerprint density at radius 3 is 2.48 bits per heavy atom. The van der Waals surface area contributed by atoms with Crippen LogP contribution in [0.4, 0.5) is 10.5 Å². The van der Waals surface area contributed by atoms with E-state index in [4.69, 9.17) is 9.47 Å². The van der Waals surface area contributed by atoms with Gasteiger partial charge in [-0.15, -0.1) is 0 Å². The van der Waals surface area contributed by atoms with Crippen LogP contribution >= 0.6 is 11.8 Å². The van der Waals surface area contributed by atoms with Crippen molar-refractivity contribution >= 4 is 40.6 Å². The fourth-order valence-electron chi connectivity index (χ4n) is 2.82. The SMILES string of the molecule is CCOc1ccc(NC(=O)CN2C(=O)SC(=Cc3ccc(O)c(OCC)c3)C2=O)cc1. The number of phenolic OH excluding ortho intramolecular Hbond substituents is 1. The number of thioether (sulfide) groups is 1. The topological polar surface area (TPSA) is 105 Å². The van der Waals surface area contributed by atoms with E-state index in [1.54, 1.807) is 43.3 Å². The second-order valence-corrected chi connectivity index (χ2v) is 7.43. The maximum atomic E-state index is 12.6. The highest BCUT2D eigenvalue weighted by atomic mass is 32.2. The molecule has 1 aliphatic heterocycles. The molecule has 8 nitrogen and oxygen atoms in total. The van der Waals surface area contributed by atoms with E-state index in [-0.39, 0.29) is 16.4 Å². The molecular formula is C22H22N2O6S. The number of hydrogen-bond donors (Lipinski definition) is 2. The molecule has 3 amide bonds. The highest BCUT2D eigenvalue weighted by Crippen LogP contribution is 2.34. The van der Waals surface area contributed by atoms with Crippen molar-refractivity contribution in [3.05, 3.63) is 52.9 Å². The van der Waals surface area contributed by atoms with Gasteiger partial charge in [0.1, 0.15) is 12.3 Å². The molecule has 31 heavy (non-hydrogen) atoms. The van der Waals surface area contributed by atoms with Gasteiger partial charge in [-0.1, -0.05) is 6.07 Å². The molecule has 1 heterocycles. The van der Waals surface area contributed by atoms with Gasteiger partial charge in [-0.05, 0) is 73.6 Å². The molecule has 0 aliphatic carbocycles. The highest BCUT2D eigenvalue weighted by molar-refractivity contribution is 8.18. The van der Waals surface area contributed by atoms with Gasteiger partial charge in [0.2, 0.25) is 5.91 Å². The van der Waals surface area contributed by atoms with Crippen molar-refractivity contribution in [1.82, 2.24) is 4.90 Å². The Kier molecular flexibility index (Phi) is 7.19. The summed E-state index contributed by atoms with van der Waals surface area (Å²) < 4.78 is 10.7. The molecule has 1 fully saturated rings. The number of imide groups is 1. The largest absolute Gasteiger partial charge is 0.504 e. The van der Waals surface area contributed by atoms with Crippen LogP contribution < -0.4 is 14.8 Å². The first-order chi connectivity index (χ1) is 14.9. The molecule has 0 atom stereocenters. The van der Waals surface area contributed by atoms with Gasteiger partial charge in [-0.2, -0.15) is 0 Å². The number of hydrogen-bond acceptors (Lipinski definition) is 7. The van der Waals surface area contributed by atoms with E-state index in [2.05, 4.69) is 5.32 Å². The summed E-state index contributed by atoms with van der Waals surface area (Å²) in [5.74, 6) is -0.0968. The van der Waals surface area contributed by atoms with Crippen molar-refractivity contribution < 1.29 is 29.0 Å². The molecular weight excluding hydrogens is 420 g/mol. The normalized spacial score (nSPS) is 14.8. The summed E-state index contributed by atoms with van der Waals surface area (Å²) in [5, 5.41) is 11.9. The van der Waals surface area contributed by atoms with Gasteiger partial charge >= 0.3 is 0 Å². The highest BCUT2D eigenvalue weighted by Gasteiger charge is 2.36. The van der Waals surface area contributed by atoms with Crippen LogP contribution in [-0.4, -0.2) is 46.8 Å². The van der Waals surface area contributed by atoms with E-state index in [0.717, 1.165) is 16.7 Å². The summed E-state index contributed by atoms with van der Waals surface area (Å²) >= 11 is 0.754. The molecule has 0 saturated carbocycles. The van der Waals surface area contributed by atoms with Crippen LogP contribution in [0.25, 0.3) is 6.08 Å². The van der Waals surface area contributed by atoms with Crippen LogP contribution in [0.5, 0.6) is 17.2 Å². The van der Waals surface area contributed by atoms with E-state index in [9.17, 15) is 19.5 Å². The second kappa shape index (κ2) is 10.0. The molecule has 0 aromatic heterocycles. The molecule has 2 aromatic rings.